The Morgan fingerprint density at radius 2 is 1.36 bits per heavy atom. The molecular formula is C24H37O2PSi. The highest BCUT2D eigenvalue weighted by molar-refractivity contribution is 7.79. The summed E-state index contributed by atoms with van der Waals surface area (Å²) in [6.07, 6.45) is 4.16. The van der Waals surface area contributed by atoms with E-state index in [-0.39, 0.29) is 10.9 Å². The highest BCUT2D eigenvalue weighted by atomic mass is 31.2. The van der Waals surface area contributed by atoms with Gasteiger partial charge in [-0.1, -0.05) is 108 Å². The highest BCUT2D eigenvalue weighted by Gasteiger charge is 2.45. The van der Waals surface area contributed by atoms with Crippen molar-refractivity contribution in [2.45, 2.75) is 77.4 Å². The quantitative estimate of drug-likeness (QED) is 0.252. The molecule has 0 amide bonds. The zero-order valence-corrected chi connectivity index (χ0v) is 20.3. The van der Waals surface area contributed by atoms with Crippen LogP contribution in [0.15, 0.2) is 60.7 Å². The lowest BCUT2D eigenvalue weighted by Crippen LogP contribution is -2.45. The van der Waals surface area contributed by atoms with Crippen molar-refractivity contribution in [2.75, 3.05) is 0 Å². The molecule has 2 rings (SSSR count). The van der Waals surface area contributed by atoms with Crippen LogP contribution in [0.3, 0.4) is 0 Å². The fourth-order valence-corrected chi connectivity index (χ4v) is 8.46. The van der Waals surface area contributed by atoms with Crippen LogP contribution in [0.1, 0.15) is 53.4 Å². The number of rotatable bonds is 9. The minimum Gasteiger partial charge on any atom is -0.406 e. The summed E-state index contributed by atoms with van der Waals surface area (Å²) in [7, 11) is -5.00. The fraction of sp³-hybridized carbons (Fsp3) is 0.500. The van der Waals surface area contributed by atoms with Gasteiger partial charge >= 0.3 is 0 Å². The first-order valence-electron chi connectivity index (χ1n) is 10.5. The average molecular weight is 417 g/mol. The minimum atomic E-state index is -2.93. The van der Waals surface area contributed by atoms with Gasteiger partial charge in [0.15, 0.2) is 15.5 Å². The van der Waals surface area contributed by atoms with Crippen LogP contribution in [0, 0.1) is 0 Å². The van der Waals surface area contributed by atoms with Crippen molar-refractivity contribution in [1.82, 2.24) is 0 Å². The summed E-state index contributed by atoms with van der Waals surface area (Å²) < 4.78 is 21.7. The molecule has 28 heavy (non-hydrogen) atoms. The van der Waals surface area contributed by atoms with Crippen molar-refractivity contribution in [3.05, 3.63) is 60.7 Å². The van der Waals surface area contributed by atoms with E-state index < -0.39 is 15.5 Å². The van der Waals surface area contributed by atoms with Crippen molar-refractivity contribution in [3.8, 4) is 0 Å². The second-order valence-corrected chi connectivity index (χ2v) is 16.8. The van der Waals surface area contributed by atoms with Gasteiger partial charge in [-0.25, -0.2) is 0 Å². The summed E-state index contributed by atoms with van der Waals surface area (Å²) in [6, 6.07) is 20.0. The molecule has 4 heteroatoms. The van der Waals surface area contributed by atoms with Gasteiger partial charge in [-0.2, -0.15) is 0 Å². The SMILES string of the molecule is CCCCCC(O[Si](C)(C)C(C)(C)C)P(=O)(c1ccccc1)c1ccccc1. The second kappa shape index (κ2) is 9.56. The normalized spacial score (nSPS) is 14.1. The molecule has 2 aromatic carbocycles. The molecule has 2 nitrogen and oxygen atoms in total. The molecular weight excluding hydrogens is 379 g/mol. The third-order valence-electron chi connectivity index (χ3n) is 5.98. The van der Waals surface area contributed by atoms with Gasteiger partial charge in [0.2, 0.25) is 0 Å². The Labute approximate surface area is 173 Å². The molecule has 154 valence electrons. The van der Waals surface area contributed by atoms with E-state index in [4.69, 9.17) is 4.43 Å². The first-order chi connectivity index (χ1) is 13.1. The molecule has 0 aliphatic carbocycles. The second-order valence-electron chi connectivity index (χ2n) is 9.16. The summed E-state index contributed by atoms with van der Waals surface area (Å²) in [5.74, 6) is -0.273. The lowest BCUT2D eigenvalue weighted by atomic mass is 10.2. The maximum absolute atomic E-state index is 14.8. The van der Waals surface area contributed by atoms with Gasteiger partial charge in [-0.3, -0.25) is 0 Å². The monoisotopic (exact) mass is 416 g/mol. The van der Waals surface area contributed by atoms with E-state index in [1.807, 2.05) is 60.7 Å². The van der Waals surface area contributed by atoms with Gasteiger partial charge in [0.25, 0.3) is 0 Å². The molecule has 0 N–H and O–H groups in total. The largest absolute Gasteiger partial charge is 0.406 e. The Morgan fingerprint density at radius 3 is 1.75 bits per heavy atom. The molecule has 0 bridgehead atoms. The van der Waals surface area contributed by atoms with Crippen LogP contribution in [-0.4, -0.2) is 14.2 Å². The van der Waals surface area contributed by atoms with Gasteiger partial charge in [0.05, 0.1) is 0 Å². The average Bonchev–Trinajstić information content (AvgIpc) is 2.67. The summed E-state index contributed by atoms with van der Waals surface area (Å²) >= 11 is 0. The lowest BCUT2D eigenvalue weighted by Gasteiger charge is -2.41. The van der Waals surface area contributed by atoms with Crippen LogP contribution < -0.4 is 10.6 Å². The predicted octanol–water partition coefficient (Wildman–Crippen LogP) is 6.93. The Kier molecular flexibility index (Phi) is 7.90. The van der Waals surface area contributed by atoms with Crippen molar-refractivity contribution >= 4 is 26.1 Å². The fourth-order valence-electron chi connectivity index (χ4n) is 3.18. The van der Waals surface area contributed by atoms with Crippen molar-refractivity contribution in [2.24, 2.45) is 0 Å². The maximum atomic E-state index is 14.8. The van der Waals surface area contributed by atoms with E-state index in [9.17, 15) is 4.57 Å². The number of unbranched alkanes of at least 4 members (excludes halogenated alkanes) is 2. The standard InChI is InChI=1S/C24H37O2PSi/c1-7-8-11-20-23(26-28(5,6)24(2,3)4)27(25,21-16-12-9-13-17-21)22-18-14-10-15-19-22/h9-10,12-19,23H,7-8,11,20H2,1-6H3. The molecule has 0 fully saturated rings. The molecule has 0 saturated heterocycles. The number of hydrogen-bond donors (Lipinski definition) is 0. The van der Waals surface area contributed by atoms with Crippen molar-refractivity contribution < 1.29 is 8.99 Å². The Balaban J connectivity index is 2.57. The first kappa shape index (κ1) is 23.1. The summed E-state index contributed by atoms with van der Waals surface area (Å²) in [4.78, 5) is 0. The number of benzene rings is 2. The molecule has 0 radical (unpaired) electrons. The highest BCUT2D eigenvalue weighted by Crippen LogP contribution is 2.53. The molecule has 0 heterocycles. The third kappa shape index (κ3) is 5.26. The van der Waals surface area contributed by atoms with Crippen LogP contribution in [-0.2, 0) is 8.99 Å². The van der Waals surface area contributed by atoms with Crippen molar-refractivity contribution in [3.63, 3.8) is 0 Å². The molecule has 0 aromatic heterocycles. The van der Waals surface area contributed by atoms with Crippen LogP contribution in [0.25, 0.3) is 0 Å². The summed E-state index contributed by atoms with van der Waals surface area (Å²) in [5, 5.41) is 1.89. The molecule has 1 unspecified atom stereocenters. The van der Waals surface area contributed by atoms with E-state index >= 15 is 0 Å². The molecule has 0 aliphatic rings. The van der Waals surface area contributed by atoms with Crippen LogP contribution in [0.4, 0.5) is 0 Å². The smallest absolute Gasteiger partial charge is 0.193 e. The van der Waals surface area contributed by atoms with Crippen LogP contribution in [0.5, 0.6) is 0 Å². The third-order valence-corrected chi connectivity index (χ3v) is 14.0. The van der Waals surface area contributed by atoms with Gasteiger partial charge in [-0.05, 0) is 24.6 Å². The lowest BCUT2D eigenvalue weighted by molar-refractivity contribution is 0.236. The van der Waals surface area contributed by atoms with E-state index in [1.165, 1.54) is 0 Å². The van der Waals surface area contributed by atoms with E-state index in [1.54, 1.807) is 0 Å². The minimum absolute atomic E-state index is 0.0776. The molecule has 2 aromatic rings. The van der Waals surface area contributed by atoms with Gasteiger partial charge < -0.3 is 8.99 Å². The molecule has 0 aliphatic heterocycles. The molecule has 0 spiro atoms. The first-order valence-corrected chi connectivity index (χ1v) is 15.2. The van der Waals surface area contributed by atoms with Gasteiger partial charge in [0.1, 0.15) is 5.85 Å². The van der Waals surface area contributed by atoms with Crippen LogP contribution in [0.2, 0.25) is 18.1 Å². The van der Waals surface area contributed by atoms with Gasteiger partial charge in [-0.15, -0.1) is 0 Å². The Hall–Kier alpha value is -1.15. The molecule has 0 saturated carbocycles. The van der Waals surface area contributed by atoms with E-state index in [0.29, 0.717) is 0 Å². The topological polar surface area (TPSA) is 26.3 Å². The Morgan fingerprint density at radius 1 is 0.893 bits per heavy atom. The maximum Gasteiger partial charge on any atom is 0.193 e. The van der Waals surface area contributed by atoms with E-state index in [0.717, 1.165) is 36.3 Å². The van der Waals surface area contributed by atoms with Crippen molar-refractivity contribution in [1.29, 1.82) is 0 Å². The van der Waals surface area contributed by atoms with Gasteiger partial charge in [0, 0.05) is 10.6 Å². The predicted molar refractivity (Wildman–Crippen MR) is 126 cm³/mol. The Bertz CT molecular complexity index is 723. The zero-order chi connectivity index (χ0) is 20.8. The van der Waals surface area contributed by atoms with Crippen LogP contribution >= 0.6 is 7.14 Å². The van der Waals surface area contributed by atoms with E-state index in [2.05, 4.69) is 40.8 Å². The zero-order valence-electron chi connectivity index (χ0n) is 18.4. The summed E-state index contributed by atoms with van der Waals surface area (Å²) in [6.45, 7) is 13.5. The number of hydrogen-bond acceptors (Lipinski definition) is 2. The summed E-state index contributed by atoms with van der Waals surface area (Å²) in [5.41, 5.74) is 0. The molecule has 1 atom stereocenters.